The largest absolute Gasteiger partial charge is 0.450 e. The number of benzene rings is 2. The summed E-state index contributed by atoms with van der Waals surface area (Å²) in [5.41, 5.74) is 4.24. The van der Waals surface area contributed by atoms with Crippen molar-refractivity contribution in [2.75, 3.05) is 37.6 Å². The Hall–Kier alpha value is -2.79. The number of para-hydroxylation sites is 1. The molecule has 0 unspecified atom stereocenters. The van der Waals surface area contributed by atoms with Crippen LogP contribution in [-0.4, -0.2) is 49.6 Å². The topological polar surface area (TPSA) is 48.7 Å². The molecule has 0 saturated carbocycles. The van der Waals surface area contributed by atoms with E-state index < -0.39 is 0 Å². The molecule has 0 aliphatic carbocycles. The number of hydrogen-bond donors (Lipinski definition) is 1. The Bertz CT molecular complexity index is 1120. The van der Waals surface area contributed by atoms with Gasteiger partial charge in [-0.2, -0.15) is 0 Å². The van der Waals surface area contributed by atoms with E-state index in [1.165, 1.54) is 50.9 Å². The summed E-state index contributed by atoms with van der Waals surface area (Å²) >= 11 is 0. The van der Waals surface area contributed by atoms with Crippen molar-refractivity contribution in [1.29, 1.82) is 0 Å². The molecule has 0 spiro atoms. The van der Waals surface area contributed by atoms with Gasteiger partial charge < -0.3 is 19.5 Å². The zero-order chi connectivity index (χ0) is 21.5. The molecule has 1 atom stereocenters. The first-order chi connectivity index (χ1) is 15.7. The van der Waals surface area contributed by atoms with E-state index in [-0.39, 0.29) is 11.9 Å². The molecule has 2 bridgehead atoms. The van der Waals surface area contributed by atoms with E-state index in [2.05, 4.69) is 51.5 Å². The van der Waals surface area contributed by atoms with Gasteiger partial charge in [0.2, 0.25) is 0 Å². The van der Waals surface area contributed by atoms with Crippen molar-refractivity contribution in [1.82, 2.24) is 10.2 Å². The van der Waals surface area contributed by atoms with E-state index in [9.17, 15) is 4.79 Å². The molecular formula is C27H31N3O2. The number of amides is 1. The predicted octanol–water partition coefficient (Wildman–Crippen LogP) is 4.91. The van der Waals surface area contributed by atoms with Crippen LogP contribution in [0.15, 0.2) is 52.9 Å². The van der Waals surface area contributed by atoms with Crippen molar-refractivity contribution >= 4 is 22.6 Å². The first kappa shape index (κ1) is 19.9. The van der Waals surface area contributed by atoms with Crippen molar-refractivity contribution in [2.45, 2.75) is 38.1 Å². The van der Waals surface area contributed by atoms with Crippen LogP contribution in [0.2, 0.25) is 0 Å². The number of nitrogens with zero attached hydrogens (tertiary/aromatic N) is 2. The van der Waals surface area contributed by atoms with Crippen LogP contribution in [0.5, 0.6) is 0 Å². The second-order valence-corrected chi connectivity index (χ2v) is 9.65. The molecule has 1 N–H and O–H groups in total. The number of piperidine rings is 4. The summed E-state index contributed by atoms with van der Waals surface area (Å²) in [6, 6.07) is 17.0. The summed E-state index contributed by atoms with van der Waals surface area (Å²) in [7, 11) is 0. The van der Waals surface area contributed by atoms with Gasteiger partial charge in [-0.15, -0.1) is 0 Å². The predicted molar refractivity (Wildman–Crippen MR) is 128 cm³/mol. The van der Waals surface area contributed by atoms with Gasteiger partial charge in [0.1, 0.15) is 5.58 Å². The van der Waals surface area contributed by atoms with Crippen molar-refractivity contribution < 1.29 is 9.21 Å². The highest BCUT2D eigenvalue weighted by Crippen LogP contribution is 2.34. The fraction of sp³-hybridized carbons (Fsp3) is 0.444. The van der Waals surface area contributed by atoms with E-state index in [1.807, 2.05) is 12.1 Å². The molecule has 4 aliphatic rings. The molecule has 5 heterocycles. The van der Waals surface area contributed by atoms with E-state index >= 15 is 0 Å². The molecular weight excluding hydrogens is 398 g/mol. The zero-order valence-corrected chi connectivity index (χ0v) is 18.6. The number of carbonyl (C=O) groups excluding carboxylic acids is 1. The highest BCUT2D eigenvalue weighted by Gasteiger charge is 2.35. The lowest BCUT2D eigenvalue weighted by Crippen LogP contribution is -2.57. The summed E-state index contributed by atoms with van der Waals surface area (Å²) in [5, 5.41) is 4.23. The molecule has 4 aliphatic heterocycles. The van der Waals surface area contributed by atoms with Crippen LogP contribution >= 0.6 is 0 Å². The monoisotopic (exact) mass is 429 g/mol. The normalized spacial score (nSPS) is 25.2. The lowest BCUT2D eigenvalue weighted by Gasteiger charge is -2.44. The van der Waals surface area contributed by atoms with E-state index in [4.69, 9.17) is 4.42 Å². The summed E-state index contributed by atoms with van der Waals surface area (Å²) in [4.78, 5) is 18.0. The molecule has 166 valence electrons. The third-order valence-corrected chi connectivity index (χ3v) is 7.62. The minimum Gasteiger partial charge on any atom is -0.450 e. The van der Waals surface area contributed by atoms with Gasteiger partial charge in [-0.05, 0) is 74.9 Å². The number of furan rings is 1. The second-order valence-electron chi connectivity index (χ2n) is 9.65. The molecule has 5 nitrogen and oxygen atoms in total. The number of anilines is 1. The van der Waals surface area contributed by atoms with Crippen molar-refractivity contribution in [3.8, 4) is 11.1 Å². The molecule has 1 aromatic heterocycles. The fourth-order valence-corrected chi connectivity index (χ4v) is 5.79. The SMILES string of the molecule is O=C(N[C@H]1CN2CCC1CC2)c1cc2cccc(-c3cccc(N4CCCCC4)c3)c2o1. The Balaban J connectivity index is 1.27. The number of carbonyl (C=O) groups is 1. The maximum Gasteiger partial charge on any atom is 0.287 e. The minimum atomic E-state index is -0.0898. The Morgan fingerprint density at radius 1 is 0.938 bits per heavy atom. The summed E-state index contributed by atoms with van der Waals surface area (Å²) in [6.45, 7) is 5.55. The van der Waals surface area contributed by atoms with Gasteiger partial charge in [0.25, 0.3) is 5.91 Å². The molecule has 0 radical (unpaired) electrons. The van der Waals surface area contributed by atoms with Gasteiger partial charge >= 0.3 is 0 Å². The lowest BCUT2D eigenvalue weighted by atomic mass is 9.84. The van der Waals surface area contributed by atoms with E-state index in [0.29, 0.717) is 11.7 Å². The molecule has 1 amide bonds. The standard InChI is InChI=1S/C27H31N3O2/c31-27(28-24-18-29-14-10-19(24)11-15-29)25-17-21-7-5-9-23(26(21)32-25)20-6-4-8-22(16-20)30-12-2-1-3-13-30/h4-9,16-17,19,24H,1-3,10-15,18H2,(H,28,31)/t24-/m0/s1. The van der Waals surface area contributed by atoms with Crippen molar-refractivity contribution in [3.63, 3.8) is 0 Å². The fourth-order valence-electron chi connectivity index (χ4n) is 5.79. The third-order valence-electron chi connectivity index (χ3n) is 7.62. The van der Waals surface area contributed by atoms with E-state index in [1.54, 1.807) is 0 Å². The minimum absolute atomic E-state index is 0.0898. The third kappa shape index (κ3) is 3.69. The summed E-state index contributed by atoms with van der Waals surface area (Å²) in [6.07, 6.45) is 6.21. The van der Waals surface area contributed by atoms with Crippen LogP contribution in [0.3, 0.4) is 0 Å². The molecule has 7 rings (SSSR count). The van der Waals surface area contributed by atoms with Crippen molar-refractivity contribution in [2.24, 2.45) is 5.92 Å². The van der Waals surface area contributed by atoms with Crippen LogP contribution in [0.1, 0.15) is 42.7 Å². The number of fused-ring (bicyclic) bond motifs is 4. The molecule has 3 aromatic rings. The Morgan fingerprint density at radius 3 is 2.53 bits per heavy atom. The Labute approximate surface area is 189 Å². The van der Waals surface area contributed by atoms with Gasteiger partial charge in [0.15, 0.2) is 5.76 Å². The lowest BCUT2D eigenvalue weighted by molar-refractivity contribution is 0.0607. The van der Waals surface area contributed by atoms with Gasteiger partial charge in [-0.25, -0.2) is 0 Å². The summed E-state index contributed by atoms with van der Waals surface area (Å²) < 4.78 is 6.18. The highest BCUT2D eigenvalue weighted by atomic mass is 16.3. The maximum absolute atomic E-state index is 13.0. The van der Waals surface area contributed by atoms with Crippen LogP contribution in [0.25, 0.3) is 22.1 Å². The Morgan fingerprint density at radius 2 is 1.75 bits per heavy atom. The number of hydrogen-bond acceptors (Lipinski definition) is 4. The van der Waals surface area contributed by atoms with Crippen LogP contribution in [0, 0.1) is 5.92 Å². The first-order valence-corrected chi connectivity index (χ1v) is 12.2. The van der Waals surface area contributed by atoms with Crippen LogP contribution in [0.4, 0.5) is 5.69 Å². The molecule has 2 aromatic carbocycles. The number of nitrogens with one attached hydrogen (secondary N) is 1. The highest BCUT2D eigenvalue weighted by molar-refractivity contribution is 6.00. The molecule has 4 saturated heterocycles. The average molecular weight is 430 g/mol. The Kier molecular flexibility index (Phi) is 5.14. The average Bonchev–Trinajstić information content (AvgIpc) is 3.30. The quantitative estimate of drug-likeness (QED) is 0.640. The molecule has 5 heteroatoms. The summed E-state index contributed by atoms with van der Waals surface area (Å²) in [5.74, 6) is 0.922. The number of rotatable bonds is 4. The zero-order valence-electron chi connectivity index (χ0n) is 18.6. The van der Waals surface area contributed by atoms with Gasteiger partial charge in [0.05, 0.1) is 0 Å². The smallest absolute Gasteiger partial charge is 0.287 e. The van der Waals surface area contributed by atoms with Crippen LogP contribution < -0.4 is 10.2 Å². The van der Waals surface area contributed by atoms with E-state index in [0.717, 1.165) is 41.7 Å². The second kappa shape index (κ2) is 8.28. The maximum atomic E-state index is 13.0. The molecule has 32 heavy (non-hydrogen) atoms. The van der Waals surface area contributed by atoms with Gasteiger partial charge in [0, 0.05) is 42.3 Å². The van der Waals surface area contributed by atoms with Crippen molar-refractivity contribution in [3.05, 3.63) is 54.3 Å². The van der Waals surface area contributed by atoms with Crippen LogP contribution in [-0.2, 0) is 0 Å². The van der Waals surface area contributed by atoms with Gasteiger partial charge in [-0.1, -0.05) is 30.3 Å². The first-order valence-electron chi connectivity index (χ1n) is 12.2. The molecule has 4 fully saturated rings. The van der Waals surface area contributed by atoms with Gasteiger partial charge in [-0.3, -0.25) is 4.79 Å².